The molecule has 1 aliphatic carbocycles. The Hall–Kier alpha value is -1.35. The lowest BCUT2D eigenvalue weighted by atomic mass is 9.90. The van der Waals surface area contributed by atoms with Crippen LogP contribution in [0.2, 0.25) is 0 Å². The maximum atomic E-state index is 5.32. The molecule has 1 heterocycles. The molecule has 0 N–H and O–H groups in total. The minimum absolute atomic E-state index is 0.281. The lowest BCUT2D eigenvalue weighted by Gasteiger charge is -2.16. The molecular weight excluding hydrogens is 202 g/mol. The monoisotopic (exact) mass is 217 g/mol. The Labute approximate surface area is 95.1 Å². The number of rotatable bonds is 3. The Balaban J connectivity index is 1.75. The van der Waals surface area contributed by atoms with E-state index in [-0.39, 0.29) is 6.10 Å². The van der Waals surface area contributed by atoms with E-state index in [9.17, 15) is 0 Å². The summed E-state index contributed by atoms with van der Waals surface area (Å²) in [7, 11) is 0. The number of aryl methyl sites for hydroxylation is 1. The third-order valence-electron chi connectivity index (χ3n) is 3.03. The lowest BCUT2D eigenvalue weighted by Crippen LogP contribution is -2.12. The Morgan fingerprint density at radius 1 is 1.31 bits per heavy atom. The maximum absolute atomic E-state index is 5.32. The highest BCUT2D eigenvalue weighted by molar-refractivity contribution is 6.02. The summed E-state index contributed by atoms with van der Waals surface area (Å²) in [5.41, 5.74) is 3.73. The van der Waals surface area contributed by atoms with Crippen LogP contribution in [0.3, 0.4) is 0 Å². The summed E-state index contributed by atoms with van der Waals surface area (Å²) in [6.07, 6.45) is 3.62. The predicted molar refractivity (Wildman–Crippen MR) is 61.6 cm³/mol. The van der Waals surface area contributed by atoms with E-state index in [1.165, 1.54) is 17.5 Å². The molecule has 1 aliphatic heterocycles. The number of nitrogens with zero attached hydrogens (tertiary/aromatic N) is 1. The molecule has 0 saturated carbocycles. The van der Waals surface area contributed by atoms with Crippen molar-refractivity contribution < 1.29 is 9.57 Å². The van der Waals surface area contributed by atoms with Gasteiger partial charge in [-0.05, 0) is 24.8 Å². The molecule has 0 aromatic heterocycles. The van der Waals surface area contributed by atoms with Crippen LogP contribution in [-0.2, 0) is 16.0 Å². The number of hydrogen-bond acceptors (Lipinski definition) is 3. The first kappa shape index (κ1) is 9.85. The van der Waals surface area contributed by atoms with Crippen molar-refractivity contribution >= 4 is 5.71 Å². The zero-order valence-electron chi connectivity index (χ0n) is 9.19. The summed E-state index contributed by atoms with van der Waals surface area (Å²) in [6.45, 7) is 1.41. The molecule has 1 aromatic rings. The van der Waals surface area contributed by atoms with Crippen LogP contribution in [0.1, 0.15) is 24.0 Å². The van der Waals surface area contributed by atoms with Gasteiger partial charge in [0.2, 0.25) is 0 Å². The van der Waals surface area contributed by atoms with Crippen LogP contribution in [0, 0.1) is 0 Å². The molecule has 0 radical (unpaired) electrons. The second-order valence-corrected chi connectivity index (χ2v) is 4.30. The van der Waals surface area contributed by atoms with Crippen LogP contribution in [0.4, 0.5) is 0 Å². The molecule has 2 aliphatic rings. The van der Waals surface area contributed by atoms with E-state index in [0.717, 1.165) is 25.2 Å². The normalized spacial score (nSPS) is 25.2. The summed E-state index contributed by atoms with van der Waals surface area (Å²) in [5, 5.41) is 4.24. The first-order valence-electron chi connectivity index (χ1n) is 5.82. The average Bonchev–Trinajstić information content (AvgIpc) is 3.13. The summed E-state index contributed by atoms with van der Waals surface area (Å²) >= 11 is 0. The van der Waals surface area contributed by atoms with Crippen molar-refractivity contribution in [2.75, 3.05) is 13.2 Å². The maximum Gasteiger partial charge on any atom is 0.145 e. The van der Waals surface area contributed by atoms with Crippen molar-refractivity contribution in [3.05, 3.63) is 35.4 Å². The van der Waals surface area contributed by atoms with Crippen LogP contribution in [-0.4, -0.2) is 25.0 Å². The van der Waals surface area contributed by atoms with Crippen molar-refractivity contribution in [3.63, 3.8) is 0 Å². The Kier molecular flexibility index (Phi) is 2.62. The van der Waals surface area contributed by atoms with Crippen molar-refractivity contribution in [1.82, 2.24) is 0 Å². The van der Waals surface area contributed by atoms with Gasteiger partial charge in [0, 0.05) is 5.56 Å². The molecule has 0 unspecified atom stereocenters. The van der Waals surface area contributed by atoms with Crippen molar-refractivity contribution in [1.29, 1.82) is 0 Å². The van der Waals surface area contributed by atoms with Crippen molar-refractivity contribution in [3.8, 4) is 0 Å². The Bertz CT molecular complexity index is 410. The predicted octanol–water partition coefficient (Wildman–Crippen LogP) is 2.14. The minimum Gasteiger partial charge on any atom is -0.393 e. The third-order valence-corrected chi connectivity index (χ3v) is 3.03. The van der Waals surface area contributed by atoms with E-state index in [2.05, 4.69) is 29.4 Å². The van der Waals surface area contributed by atoms with E-state index < -0.39 is 0 Å². The smallest absolute Gasteiger partial charge is 0.145 e. The highest BCUT2D eigenvalue weighted by atomic mass is 16.7. The van der Waals surface area contributed by atoms with E-state index >= 15 is 0 Å². The van der Waals surface area contributed by atoms with Gasteiger partial charge in [-0.2, -0.15) is 0 Å². The van der Waals surface area contributed by atoms with Crippen molar-refractivity contribution in [2.24, 2.45) is 5.16 Å². The molecule has 16 heavy (non-hydrogen) atoms. The first-order valence-corrected chi connectivity index (χ1v) is 5.82. The molecule has 84 valence electrons. The number of epoxide rings is 1. The summed E-state index contributed by atoms with van der Waals surface area (Å²) in [6, 6.07) is 8.45. The molecule has 1 atom stereocenters. The van der Waals surface area contributed by atoms with Gasteiger partial charge in [-0.1, -0.05) is 29.4 Å². The number of hydrogen-bond donors (Lipinski definition) is 0. The summed E-state index contributed by atoms with van der Waals surface area (Å²) in [5.74, 6) is 0. The van der Waals surface area contributed by atoms with E-state index in [0.29, 0.717) is 6.61 Å². The molecule has 0 spiro atoms. The molecule has 0 amide bonds. The van der Waals surface area contributed by atoms with Crippen LogP contribution in [0.25, 0.3) is 0 Å². The highest BCUT2D eigenvalue weighted by Crippen LogP contribution is 2.21. The quantitative estimate of drug-likeness (QED) is 0.574. The fraction of sp³-hybridized carbons (Fsp3) is 0.462. The van der Waals surface area contributed by atoms with Gasteiger partial charge in [-0.3, -0.25) is 0 Å². The number of ether oxygens (including phenoxy) is 1. The third kappa shape index (κ3) is 2.09. The zero-order chi connectivity index (χ0) is 10.8. The molecule has 3 rings (SSSR count). The molecule has 1 aromatic carbocycles. The van der Waals surface area contributed by atoms with Gasteiger partial charge < -0.3 is 9.57 Å². The SMILES string of the molecule is c1ccc2c(c1)CCC/C2=N/OC[C@@H]1CO1. The van der Waals surface area contributed by atoms with Gasteiger partial charge in [-0.25, -0.2) is 0 Å². The second kappa shape index (κ2) is 4.26. The summed E-state index contributed by atoms with van der Waals surface area (Å²) in [4.78, 5) is 5.32. The highest BCUT2D eigenvalue weighted by Gasteiger charge is 2.23. The number of oxime groups is 1. The zero-order valence-corrected chi connectivity index (χ0v) is 9.19. The van der Waals surface area contributed by atoms with Crippen LogP contribution < -0.4 is 0 Å². The Morgan fingerprint density at radius 3 is 3.06 bits per heavy atom. The number of fused-ring (bicyclic) bond motifs is 1. The first-order chi connectivity index (χ1) is 7.93. The van der Waals surface area contributed by atoms with Gasteiger partial charge >= 0.3 is 0 Å². The summed E-state index contributed by atoms with van der Waals surface area (Å²) < 4.78 is 5.07. The lowest BCUT2D eigenvalue weighted by molar-refractivity contribution is 0.124. The molecule has 3 nitrogen and oxygen atoms in total. The van der Waals surface area contributed by atoms with E-state index in [4.69, 9.17) is 9.57 Å². The topological polar surface area (TPSA) is 34.1 Å². The van der Waals surface area contributed by atoms with Gasteiger partial charge in [0.25, 0.3) is 0 Å². The van der Waals surface area contributed by atoms with Gasteiger partial charge in [-0.15, -0.1) is 0 Å². The molecule has 0 bridgehead atoms. The minimum atomic E-state index is 0.281. The molecular formula is C13H15NO2. The fourth-order valence-corrected chi connectivity index (χ4v) is 2.06. The fourth-order valence-electron chi connectivity index (χ4n) is 2.06. The van der Waals surface area contributed by atoms with E-state index in [1.54, 1.807) is 0 Å². The Morgan fingerprint density at radius 2 is 2.19 bits per heavy atom. The van der Waals surface area contributed by atoms with Crippen molar-refractivity contribution in [2.45, 2.75) is 25.4 Å². The standard InChI is InChI=1S/C13H15NO2/c1-2-6-12-10(4-1)5-3-7-13(12)14-16-9-11-8-15-11/h1-2,4,6,11H,3,5,7-9H2/b14-13-/t11-/m0/s1. The number of benzene rings is 1. The van der Waals surface area contributed by atoms with Gasteiger partial charge in [0.05, 0.1) is 12.3 Å². The molecule has 1 fully saturated rings. The van der Waals surface area contributed by atoms with Crippen LogP contribution >= 0.6 is 0 Å². The average molecular weight is 217 g/mol. The van der Waals surface area contributed by atoms with Gasteiger partial charge in [0.1, 0.15) is 12.7 Å². The van der Waals surface area contributed by atoms with E-state index in [1.807, 2.05) is 0 Å². The second-order valence-electron chi connectivity index (χ2n) is 4.30. The molecule has 1 saturated heterocycles. The largest absolute Gasteiger partial charge is 0.393 e. The van der Waals surface area contributed by atoms with Gasteiger partial charge in [0.15, 0.2) is 0 Å². The van der Waals surface area contributed by atoms with Crippen LogP contribution in [0.5, 0.6) is 0 Å². The molecule has 3 heteroatoms. The van der Waals surface area contributed by atoms with Crippen LogP contribution in [0.15, 0.2) is 29.4 Å².